The number of hydrogen-bond acceptors (Lipinski definition) is 6. The standard InChI is InChI=1S/C15H19N3O4S2/c16-24(20,21)22-10-6-2-5-9-14(19)18-15-17-13(11-23-15)12-7-3-1-4-8-12/h1,3-4,7-8,11H,2,5-6,9-10H2,(H2,16,20,21)(H,17,18,19). The first-order valence-electron chi connectivity index (χ1n) is 7.42. The topological polar surface area (TPSA) is 111 Å². The fourth-order valence-corrected chi connectivity index (χ4v) is 3.08. The summed E-state index contributed by atoms with van der Waals surface area (Å²) in [6.45, 7) is 0.0351. The van der Waals surface area contributed by atoms with Crippen LogP contribution in [0.15, 0.2) is 35.7 Å². The zero-order chi connectivity index (χ0) is 17.4. The summed E-state index contributed by atoms with van der Waals surface area (Å²) >= 11 is 1.38. The lowest BCUT2D eigenvalue weighted by Gasteiger charge is -2.02. The van der Waals surface area contributed by atoms with E-state index in [1.165, 1.54) is 11.3 Å². The third kappa shape index (κ3) is 6.75. The molecule has 0 saturated heterocycles. The second-order valence-corrected chi connectivity index (χ2v) is 7.16. The predicted molar refractivity (Wildman–Crippen MR) is 93.7 cm³/mol. The number of carbonyl (C=O) groups excluding carboxylic acids is 1. The highest BCUT2D eigenvalue weighted by Gasteiger charge is 2.08. The number of carbonyl (C=O) groups is 1. The van der Waals surface area contributed by atoms with Gasteiger partial charge in [0, 0.05) is 17.4 Å². The van der Waals surface area contributed by atoms with Crippen LogP contribution in [0.5, 0.6) is 0 Å². The van der Waals surface area contributed by atoms with Crippen LogP contribution < -0.4 is 10.5 Å². The maximum atomic E-state index is 11.9. The number of anilines is 1. The Morgan fingerprint density at radius 3 is 2.67 bits per heavy atom. The van der Waals surface area contributed by atoms with Crippen LogP contribution in [-0.4, -0.2) is 25.9 Å². The van der Waals surface area contributed by atoms with E-state index in [0.717, 1.165) is 11.3 Å². The molecular formula is C15H19N3O4S2. The third-order valence-corrected chi connectivity index (χ3v) is 4.37. The molecule has 1 heterocycles. The fraction of sp³-hybridized carbons (Fsp3) is 0.333. The molecule has 1 aromatic carbocycles. The van der Waals surface area contributed by atoms with E-state index < -0.39 is 10.3 Å². The molecule has 0 radical (unpaired) electrons. The Bertz CT molecular complexity index is 760. The summed E-state index contributed by atoms with van der Waals surface area (Å²) in [4.78, 5) is 16.2. The van der Waals surface area contributed by atoms with Gasteiger partial charge in [0.25, 0.3) is 0 Å². The SMILES string of the molecule is NS(=O)(=O)OCCCCCC(=O)Nc1nc(-c2ccccc2)cs1. The molecule has 7 nitrogen and oxygen atoms in total. The van der Waals surface area contributed by atoms with Crippen LogP contribution >= 0.6 is 11.3 Å². The Morgan fingerprint density at radius 2 is 1.96 bits per heavy atom. The number of rotatable bonds is 9. The highest BCUT2D eigenvalue weighted by Crippen LogP contribution is 2.24. The number of benzene rings is 1. The molecule has 0 fully saturated rings. The Morgan fingerprint density at radius 1 is 1.21 bits per heavy atom. The quantitative estimate of drug-likeness (QED) is 0.660. The number of thiazole rings is 1. The van der Waals surface area contributed by atoms with Gasteiger partial charge in [0.15, 0.2) is 5.13 Å². The summed E-state index contributed by atoms with van der Waals surface area (Å²) in [6.07, 6.45) is 2.18. The molecule has 0 spiro atoms. The van der Waals surface area contributed by atoms with E-state index in [1.807, 2.05) is 35.7 Å². The summed E-state index contributed by atoms with van der Waals surface area (Å²) in [7, 11) is -3.88. The van der Waals surface area contributed by atoms with Gasteiger partial charge in [-0.05, 0) is 12.8 Å². The van der Waals surface area contributed by atoms with Gasteiger partial charge in [0.1, 0.15) is 0 Å². The number of unbranched alkanes of at least 4 members (excludes halogenated alkanes) is 2. The fourth-order valence-electron chi connectivity index (χ4n) is 1.99. The Kier molecular flexibility index (Phi) is 6.85. The Hall–Kier alpha value is -1.81. The highest BCUT2D eigenvalue weighted by atomic mass is 32.2. The molecule has 0 aliphatic carbocycles. The van der Waals surface area contributed by atoms with Crippen molar-refractivity contribution in [1.82, 2.24) is 4.98 Å². The zero-order valence-electron chi connectivity index (χ0n) is 13.0. The van der Waals surface area contributed by atoms with Gasteiger partial charge in [-0.2, -0.15) is 8.42 Å². The van der Waals surface area contributed by atoms with Crippen molar-refractivity contribution < 1.29 is 17.4 Å². The highest BCUT2D eigenvalue weighted by molar-refractivity contribution is 7.84. The van der Waals surface area contributed by atoms with Gasteiger partial charge in [0.2, 0.25) is 5.91 Å². The van der Waals surface area contributed by atoms with Crippen LogP contribution in [0, 0.1) is 0 Å². The number of nitrogens with two attached hydrogens (primary N) is 1. The molecule has 1 aromatic heterocycles. The number of amides is 1. The maximum absolute atomic E-state index is 11.9. The minimum Gasteiger partial charge on any atom is -0.302 e. The molecule has 0 saturated carbocycles. The number of aromatic nitrogens is 1. The minimum atomic E-state index is -3.88. The van der Waals surface area contributed by atoms with E-state index >= 15 is 0 Å². The normalized spacial score (nSPS) is 11.4. The Balaban J connectivity index is 1.69. The summed E-state index contributed by atoms with van der Waals surface area (Å²) < 4.78 is 25.5. The van der Waals surface area contributed by atoms with Crippen LogP contribution in [0.1, 0.15) is 25.7 Å². The van der Waals surface area contributed by atoms with E-state index in [2.05, 4.69) is 14.5 Å². The number of hydrogen-bond donors (Lipinski definition) is 2. The van der Waals surface area contributed by atoms with Crippen LogP contribution in [0.3, 0.4) is 0 Å². The first kappa shape index (κ1) is 18.5. The minimum absolute atomic E-state index is 0.0351. The lowest BCUT2D eigenvalue weighted by molar-refractivity contribution is -0.116. The second kappa shape index (κ2) is 8.88. The molecule has 0 aliphatic heterocycles. The van der Waals surface area contributed by atoms with E-state index in [-0.39, 0.29) is 12.5 Å². The van der Waals surface area contributed by atoms with Crippen molar-refractivity contribution in [3.05, 3.63) is 35.7 Å². The van der Waals surface area contributed by atoms with E-state index in [9.17, 15) is 13.2 Å². The van der Waals surface area contributed by atoms with Crippen LogP contribution in [0.4, 0.5) is 5.13 Å². The molecule has 0 aliphatic rings. The van der Waals surface area contributed by atoms with Crippen molar-refractivity contribution in [3.63, 3.8) is 0 Å². The van der Waals surface area contributed by atoms with E-state index in [0.29, 0.717) is 30.8 Å². The predicted octanol–water partition coefficient (Wildman–Crippen LogP) is 2.53. The maximum Gasteiger partial charge on any atom is 0.333 e. The molecule has 3 N–H and O–H groups in total. The van der Waals surface area contributed by atoms with Gasteiger partial charge >= 0.3 is 10.3 Å². The summed E-state index contributed by atoms with van der Waals surface area (Å²) in [5.74, 6) is -0.115. The monoisotopic (exact) mass is 369 g/mol. The van der Waals surface area contributed by atoms with E-state index in [1.54, 1.807) is 0 Å². The van der Waals surface area contributed by atoms with Crippen molar-refractivity contribution in [2.45, 2.75) is 25.7 Å². The van der Waals surface area contributed by atoms with Crippen molar-refractivity contribution >= 4 is 32.7 Å². The lowest BCUT2D eigenvalue weighted by atomic mass is 10.2. The van der Waals surface area contributed by atoms with Crippen LogP contribution in [-0.2, 0) is 19.3 Å². The first-order valence-corrected chi connectivity index (χ1v) is 9.77. The van der Waals surface area contributed by atoms with E-state index in [4.69, 9.17) is 5.14 Å². The molecule has 24 heavy (non-hydrogen) atoms. The third-order valence-electron chi connectivity index (χ3n) is 3.12. The summed E-state index contributed by atoms with van der Waals surface area (Å²) in [5.41, 5.74) is 1.83. The van der Waals surface area contributed by atoms with Gasteiger partial charge in [-0.3, -0.25) is 8.98 Å². The molecule has 0 bridgehead atoms. The molecule has 0 unspecified atom stereocenters. The molecule has 9 heteroatoms. The van der Waals surface area contributed by atoms with Gasteiger partial charge < -0.3 is 5.32 Å². The zero-order valence-corrected chi connectivity index (χ0v) is 14.6. The summed E-state index contributed by atoms with van der Waals surface area (Å²) in [6, 6.07) is 9.74. The Labute approximate surface area is 145 Å². The molecular weight excluding hydrogens is 350 g/mol. The van der Waals surface area contributed by atoms with Crippen LogP contribution in [0.2, 0.25) is 0 Å². The molecule has 1 amide bonds. The van der Waals surface area contributed by atoms with Gasteiger partial charge in [0.05, 0.1) is 12.3 Å². The van der Waals surface area contributed by atoms with Crippen molar-refractivity contribution in [2.75, 3.05) is 11.9 Å². The van der Waals surface area contributed by atoms with Crippen molar-refractivity contribution in [2.24, 2.45) is 5.14 Å². The number of nitrogens with one attached hydrogen (secondary N) is 1. The van der Waals surface area contributed by atoms with Crippen molar-refractivity contribution in [1.29, 1.82) is 0 Å². The largest absolute Gasteiger partial charge is 0.333 e. The molecule has 2 rings (SSSR count). The average Bonchev–Trinajstić information content (AvgIpc) is 2.99. The average molecular weight is 369 g/mol. The second-order valence-electron chi connectivity index (χ2n) is 5.08. The molecule has 0 atom stereocenters. The van der Waals surface area contributed by atoms with Gasteiger partial charge in [-0.1, -0.05) is 36.8 Å². The molecule has 130 valence electrons. The lowest BCUT2D eigenvalue weighted by Crippen LogP contribution is -2.16. The van der Waals surface area contributed by atoms with Crippen molar-refractivity contribution in [3.8, 4) is 11.3 Å². The number of nitrogens with zero attached hydrogens (tertiary/aromatic N) is 1. The van der Waals surface area contributed by atoms with Gasteiger partial charge in [-0.25, -0.2) is 10.1 Å². The van der Waals surface area contributed by atoms with Gasteiger partial charge in [-0.15, -0.1) is 11.3 Å². The van der Waals surface area contributed by atoms with Crippen LogP contribution in [0.25, 0.3) is 11.3 Å². The smallest absolute Gasteiger partial charge is 0.302 e. The molecule has 2 aromatic rings. The first-order chi connectivity index (χ1) is 11.4. The summed E-state index contributed by atoms with van der Waals surface area (Å²) in [5, 5.41) is 9.94.